The van der Waals surface area contributed by atoms with Gasteiger partial charge in [-0.15, -0.1) is 0 Å². The highest BCUT2D eigenvalue weighted by atomic mass is 28.3. The minimum absolute atomic E-state index is 0.0630. The van der Waals surface area contributed by atoms with Gasteiger partial charge in [-0.1, -0.05) is 19.6 Å². The predicted octanol–water partition coefficient (Wildman–Crippen LogP) is 2.70. The molecule has 0 spiro atoms. The molecule has 15 heavy (non-hydrogen) atoms. The summed E-state index contributed by atoms with van der Waals surface area (Å²) in [6, 6.07) is 1.59. The van der Waals surface area contributed by atoms with E-state index in [1.165, 1.54) is 6.42 Å². The average molecular weight is 227 g/mol. The molecule has 0 N–H and O–H groups in total. The van der Waals surface area contributed by atoms with Gasteiger partial charge < -0.3 is 9.64 Å². The molecular weight excluding hydrogens is 206 g/mol. The maximum absolute atomic E-state index is 11.7. The Morgan fingerprint density at radius 3 is 2.87 bits per heavy atom. The van der Waals surface area contributed by atoms with E-state index in [9.17, 15) is 4.79 Å². The zero-order valence-electron chi connectivity index (χ0n) is 9.95. The molecule has 3 nitrogen and oxygen atoms in total. The molecule has 2 fully saturated rings. The van der Waals surface area contributed by atoms with Crippen LogP contribution < -0.4 is 0 Å². The summed E-state index contributed by atoms with van der Waals surface area (Å²) in [5, 5.41) is 0. The highest BCUT2D eigenvalue weighted by Gasteiger charge is 2.39. The third-order valence-corrected chi connectivity index (χ3v) is 4.93. The van der Waals surface area contributed by atoms with Gasteiger partial charge in [0.25, 0.3) is 0 Å². The SMILES string of the molecule is C[Si](C)(C)CC1CC2CCCN2C(=O)O1. The highest BCUT2D eigenvalue weighted by Crippen LogP contribution is 2.31. The van der Waals surface area contributed by atoms with Crippen LogP contribution in [0.15, 0.2) is 0 Å². The molecule has 4 heteroatoms. The molecule has 2 atom stereocenters. The fourth-order valence-corrected chi connectivity index (χ4v) is 4.31. The number of rotatable bonds is 2. The first-order chi connectivity index (χ1) is 6.96. The average Bonchev–Trinajstić information content (AvgIpc) is 2.48. The van der Waals surface area contributed by atoms with Crippen molar-refractivity contribution in [2.45, 2.75) is 57.1 Å². The zero-order chi connectivity index (χ0) is 11.1. The monoisotopic (exact) mass is 227 g/mol. The third-order valence-electron chi connectivity index (χ3n) is 3.25. The first-order valence-corrected chi connectivity index (χ1v) is 9.64. The van der Waals surface area contributed by atoms with Crippen molar-refractivity contribution in [3.05, 3.63) is 0 Å². The number of fused-ring (bicyclic) bond motifs is 1. The van der Waals surface area contributed by atoms with Crippen LogP contribution in [0, 0.1) is 0 Å². The minimum Gasteiger partial charge on any atom is -0.446 e. The number of carbonyl (C=O) groups excluding carboxylic acids is 1. The van der Waals surface area contributed by atoms with Gasteiger partial charge in [-0.25, -0.2) is 4.79 Å². The number of hydrogen-bond donors (Lipinski definition) is 0. The number of ether oxygens (including phenoxy) is 1. The number of nitrogens with zero attached hydrogens (tertiary/aromatic N) is 1. The summed E-state index contributed by atoms with van der Waals surface area (Å²) in [6.07, 6.45) is 3.53. The van der Waals surface area contributed by atoms with E-state index in [1.54, 1.807) is 0 Å². The Kier molecular flexibility index (Phi) is 2.79. The van der Waals surface area contributed by atoms with Gasteiger partial charge >= 0.3 is 6.09 Å². The molecule has 2 aliphatic rings. The van der Waals surface area contributed by atoms with Crippen molar-refractivity contribution in [1.82, 2.24) is 4.90 Å². The van der Waals surface area contributed by atoms with Crippen molar-refractivity contribution < 1.29 is 9.53 Å². The molecule has 0 aliphatic carbocycles. The number of carbonyl (C=O) groups is 1. The zero-order valence-corrected chi connectivity index (χ0v) is 11.0. The van der Waals surface area contributed by atoms with Gasteiger partial charge in [-0.2, -0.15) is 0 Å². The molecule has 0 bridgehead atoms. The second-order valence-corrected chi connectivity index (χ2v) is 11.5. The predicted molar refractivity (Wildman–Crippen MR) is 62.8 cm³/mol. The van der Waals surface area contributed by atoms with Crippen LogP contribution in [0.25, 0.3) is 0 Å². The van der Waals surface area contributed by atoms with E-state index in [1.807, 2.05) is 4.90 Å². The molecule has 2 aliphatic heterocycles. The van der Waals surface area contributed by atoms with Crippen LogP contribution in [0.5, 0.6) is 0 Å². The summed E-state index contributed by atoms with van der Waals surface area (Å²) in [6.45, 7) is 7.91. The van der Waals surface area contributed by atoms with Crippen LogP contribution in [0.3, 0.4) is 0 Å². The van der Waals surface area contributed by atoms with E-state index in [4.69, 9.17) is 4.74 Å². The summed E-state index contributed by atoms with van der Waals surface area (Å²) < 4.78 is 5.50. The molecular formula is C11H21NO2Si. The molecule has 0 saturated carbocycles. The number of amides is 1. The van der Waals surface area contributed by atoms with Crippen molar-refractivity contribution >= 4 is 14.2 Å². The molecule has 2 saturated heterocycles. The number of cyclic esters (lactones) is 1. The van der Waals surface area contributed by atoms with Gasteiger partial charge in [0.15, 0.2) is 0 Å². The quantitative estimate of drug-likeness (QED) is 0.679. The van der Waals surface area contributed by atoms with E-state index in [0.29, 0.717) is 6.04 Å². The lowest BCUT2D eigenvalue weighted by Gasteiger charge is -2.36. The Morgan fingerprint density at radius 1 is 1.47 bits per heavy atom. The maximum Gasteiger partial charge on any atom is 0.410 e. The van der Waals surface area contributed by atoms with Gasteiger partial charge in [0.05, 0.1) is 0 Å². The standard InChI is InChI=1S/C11H21NO2Si/c1-15(2,3)8-10-7-9-5-4-6-12(9)11(13)14-10/h9-10H,4-8H2,1-3H3. The van der Waals surface area contributed by atoms with Crippen LogP contribution in [-0.4, -0.2) is 37.8 Å². The van der Waals surface area contributed by atoms with E-state index >= 15 is 0 Å². The van der Waals surface area contributed by atoms with Gasteiger partial charge in [0.1, 0.15) is 6.10 Å². The van der Waals surface area contributed by atoms with E-state index in [0.717, 1.165) is 25.4 Å². The lowest BCUT2D eigenvalue weighted by molar-refractivity contribution is 0.0196. The van der Waals surface area contributed by atoms with Crippen molar-refractivity contribution in [2.24, 2.45) is 0 Å². The molecule has 2 rings (SSSR count). The Labute approximate surface area is 92.8 Å². The minimum atomic E-state index is -1.11. The second kappa shape index (κ2) is 3.81. The summed E-state index contributed by atoms with van der Waals surface area (Å²) in [4.78, 5) is 13.6. The molecule has 0 aromatic rings. The van der Waals surface area contributed by atoms with Crippen molar-refractivity contribution in [3.8, 4) is 0 Å². The van der Waals surface area contributed by atoms with Gasteiger partial charge in [-0.3, -0.25) is 0 Å². The molecule has 0 aromatic heterocycles. The summed E-state index contributed by atoms with van der Waals surface area (Å²) in [5.41, 5.74) is 0. The summed E-state index contributed by atoms with van der Waals surface area (Å²) >= 11 is 0. The largest absolute Gasteiger partial charge is 0.446 e. The van der Waals surface area contributed by atoms with Crippen LogP contribution in [0.1, 0.15) is 19.3 Å². The van der Waals surface area contributed by atoms with E-state index in [-0.39, 0.29) is 12.2 Å². The van der Waals surface area contributed by atoms with E-state index < -0.39 is 8.07 Å². The second-order valence-electron chi connectivity index (χ2n) is 6.00. The molecule has 1 amide bonds. The third kappa shape index (κ3) is 2.54. The Hall–Kier alpha value is -0.513. The smallest absolute Gasteiger partial charge is 0.410 e. The lowest BCUT2D eigenvalue weighted by atomic mass is 10.1. The van der Waals surface area contributed by atoms with Gasteiger partial charge in [0.2, 0.25) is 0 Å². The van der Waals surface area contributed by atoms with Crippen LogP contribution >= 0.6 is 0 Å². The first-order valence-electron chi connectivity index (χ1n) is 5.93. The van der Waals surface area contributed by atoms with Gasteiger partial charge in [-0.05, 0) is 18.9 Å². The van der Waals surface area contributed by atoms with Crippen molar-refractivity contribution in [2.75, 3.05) is 6.54 Å². The molecule has 0 radical (unpaired) electrons. The Balaban J connectivity index is 1.97. The summed E-state index contributed by atoms with van der Waals surface area (Å²) in [7, 11) is -1.11. The molecule has 2 heterocycles. The lowest BCUT2D eigenvalue weighted by Crippen LogP contribution is -2.47. The van der Waals surface area contributed by atoms with Crippen LogP contribution in [-0.2, 0) is 4.74 Å². The normalized spacial score (nSPS) is 31.4. The number of hydrogen-bond acceptors (Lipinski definition) is 2. The highest BCUT2D eigenvalue weighted by molar-refractivity contribution is 6.76. The van der Waals surface area contributed by atoms with Crippen LogP contribution in [0.2, 0.25) is 25.7 Å². The Morgan fingerprint density at radius 2 is 2.20 bits per heavy atom. The topological polar surface area (TPSA) is 29.5 Å². The van der Waals surface area contributed by atoms with Crippen molar-refractivity contribution in [1.29, 1.82) is 0 Å². The fraction of sp³-hybridized carbons (Fsp3) is 0.909. The van der Waals surface area contributed by atoms with Gasteiger partial charge in [0, 0.05) is 27.1 Å². The first kappa shape index (κ1) is 11.0. The Bertz CT molecular complexity index is 262. The fourth-order valence-electron chi connectivity index (χ4n) is 2.69. The molecule has 86 valence electrons. The van der Waals surface area contributed by atoms with E-state index in [2.05, 4.69) is 19.6 Å². The summed E-state index contributed by atoms with van der Waals surface area (Å²) in [5.74, 6) is 0. The maximum atomic E-state index is 11.7. The van der Waals surface area contributed by atoms with Crippen LogP contribution in [0.4, 0.5) is 4.79 Å². The van der Waals surface area contributed by atoms with Crippen molar-refractivity contribution in [3.63, 3.8) is 0 Å². The molecule has 0 aromatic carbocycles. The molecule has 2 unspecified atom stereocenters.